The van der Waals surface area contributed by atoms with E-state index in [1.807, 2.05) is 0 Å². The molecule has 0 spiro atoms. The van der Waals surface area contributed by atoms with E-state index in [0.29, 0.717) is 16.2 Å². The molecule has 0 radical (unpaired) electrons. The second kappa shape index (κ2) is 6.00. The molecule has 3 fully saturated rings. The van der Waals surface area contributed by atoms with Crippen molar-refractivity contribution in [2.24, 2.45) is 63.6 Å². The van der Waals surface area contributed by atoms with Crippen molar-refractivity contribution in [1.82, 2.24) is 0 Å². The zero-order chi connectivity index (χ0) is 18.9. The van der Waals surface area contributed by atoms with E-state index >= 15 is 0 Å². The van der Waals surface area contributed by atoms with Crippen molar-refractivity contribution in [2.75, 3.05) is 0 Å². The molecule has 0 heterocycles. The molecule has 3 aliphatic carbocycles. The highest BCUT2D eigenvalue weighted by molar-refractivity contribution is 5.12. The van der Waals surface area contributed by atoms with Crippen molar-refractivity contribution in [3.05, 3.63) is 0 Å². The molecule has 0 heteroatoms. The minimum atomic E-state index is 0.614. The Hall–Kier alpha value is 0. The third-order valence-electron chi connectivity index (χ3n) is 10.7. The molecule has 3 aliphatic rings. The first-order valence-corrected chi connectivity index (χ1v) is 11.4. The van der Waals surface area contributed by atoms with E-state index in [0.717, 1.165) is 47.3 Å². The molecule has 0 aromatic heterocycles. The predicted molar refractivity (Wildman–Crippen MR) is 110 cm³/mol. The van der Waals surface area contributed by atoms with E-state index in [-0.39, 0.29) is 0 Å². The molecule has 0 nitrogen and oxygen atoms in total. The van der Waals surface area contributed by atoms with Gasteiger partial charge in [-0.1, -0.05) is 75.7 Å². The van der Waals surface area contributed by atoms with Gasteiger partial charge in [-0.3, -0.25) is 0 Å². The summed E-state index contributed by atoms with van der Waals surface area (Å²) in [6, 6.07) is 0. The lowest BCUT2D eigenvalue weighted by atomic mass is 9.71. The van der Waals surface area contributed by atoms with E-state index in [2.05, 4.69) is 69.2 Å². The van der Waals surface area contributed by atoms with Crippen LogP contribution in [0.3, 0.4) is 0 Å². The van der Waals surface area contributed by atoms with Crippen LogP contribution in [-0.2, 0) is 0 Å². The van der Waals surface area contributed by atoms with Crippen LogP contribution in [-0.4, -0.2) is 0 Å². The lowest BCUT2D eigenvalue weighted by Gasteiger charge is -2.33. The van der Waals surface area contributed by atoms with Crippen LogP contribution in [0.4, 0.5) is 0 Å². The number of hydrogen-bond donors (Lipinski definition) is 0. The van der Waals surface area contributed by atoms with E-state index in [1.54, 1.807) is 0 Å². The zero-order valence-electron chi connectivity index (χ0n) is 18.9. The van der Waals surface area contributed by atoms with Gasteiger partial charge in [-0.05, 0) is 82.9 Å². The van der Waals surface area contributed by atoms with Gasteiger partial charge in [0.25, 0.3) is 0 Å². The van der Waals surface area contributed by atoms with Crippen molar-refractivity contribution >= 4 is 0 Å². The van der Waals surface area contributed by atoms with Crippen LogP contribution < -0.4 is 0 Å². The zero-order valence-corrected chi connectivity index (χ0v) is 18.9. The molecular weight excluding hydrogens is 300 g/mol. The van der Waals surface area contributed by atoms with Crippen LogP contribution in [0.1, 0.15) is 94.9 Å². The maximum absolute atomic E-state index is 2.63. The van der Waals surface area contributed by atoms with E-state index in [1.165, 1.54) is 25.7 Å². The highest BCUT2D eigenvalue weighted by Gasteiger charge is 2.64. The Morgan fingerprint density at radius 3 is 1.52 bits per heavy atom. The maximum Gasteiger partial charge on any atom is -0.0263 e. The maximum atomic E-state index is 2.63. The lowest BCUT2D eigenvalue weighted by molar-refractivity contribution is 0.146. The molecule has 0 aromatic carbocycles. The Balaban J connectivity index is 1.61. The Morgan fingerprint density at radius 2 is 1.12 bits per heavy atom. The highest BCUT2D eigenvalue weighted by Crippen LogP contribution is 2.71. The normalized spacial score (nSPS) is 50.3. The molecule has 0 aromatic rings. The van der Waals surface area contributed by atoms with Crippen LogP contribution >= 0.6 is 0 Å². The fourth-order valence-corrected chi connectivity index (χ4v) is 7.23. The monoisotopic (exact) mass is 346 g/mol. The molecule has 10 atom stereocenters. The van der Waals surface area contributed by atoms with Gasteiger partial charge < -0.3 is 0 Å². The SMILES string of the molecule is CCC1(C)CC1C(C)C(C)C1(C)CC1C(C)C(C)C1(C)CC1C(C)C. The quantitative estimate of drug-likeness (QED) is 0.423. The molecule has 3 saturated carbocycles. The van der Waals surface area contributed by atoms with Crippen LogP contribution in [0.5, 0.6) is 0 Å². The minimum Gasteiger partial charge on any atom is -0.0649 e. The lowest BCUT2D eigenvalue weighted by Crippen LogP contribution is -2.28. The smallest absolute Gasteiger partial charge is 0.0263 e. The van der Waals surface area contributed by atoms with Gasteiger partial charge >= 0.3 is 0 Å². The molecule has 0 bridgehead atoms. The van der Waals surface area contributed by atoms with E-state index < -0.39 is 0 Å². The van der Waals surface area contributed by atoms with Crippen LogP contribution in [0.15, 0.2) is 0 Å². The van der Waals surface area contributed by atoms with Gasteiger partial charge in [0.05, 0.1) is 0 Å². The third kappa shape index (κ3) is 3.02. The Kier molecular flexibility index (Phi) is 4.74. The van der Waals surface area contributed by atoms with Gasteiger partial charge in [0.15, 0.2) is 0 Å². The van der Waals surface area contributed by atoms with Crippen molar-refractivity contribution in [2.45, 2.75) is 94.9 Å². The predicted octanol–water partition coefficient (Wildman–Crippen LogP) is 7.68. The van der Waals surface area contributed by atoms with Crippen molar-refractivity contribution < 1.29 is 0 Å². The molecule has 10 unspecified atom stereocenters. The molecule has 3 rings (SSSR count). The molecule has 0 amide bonds. The standard InChI is InChI=1S/C25H46/c1-11-23(8)12-21(23)16(4)18(6)25(10)14-22(25)17(5)19(7)24(9)13-20(24)15(2)3/h15-22H,11-14H2,1-10H3. The summed E-state index contributed by atoms with van der Waals surface area (Å²) in [5.74, 6) is 7.37. The summed E-state index contributed by atoms with van der Waals surface area (Å²) in [5, 5.41) is 0. The Bertz CT molecular complexity index is 506. The van der Waals surface area contributed by atoms with Crippen LogP contribution in [0.2, 0.25) is 0 Å². The molecule has 25 heavy (non-hydrogen) atoms. The molecule has 0 N–H and O–H groups in total. The second-order valence-corrected chi connectivity index (χ2v) is 12.0. The van der Waals surface area contributed by atoms with Gasteiger partial charge in [-0.2, -0.15) is 0 Å². The Labute approximate surface area is 158 Å². The Morgan fingerprint density at radius 1 is 0.680 bits per heavy atom. The highest BCUT2D eigenvalue weighted by atomic mass is 14.7. The van der Waals surface area contributed by atoms with Gasteiger partial charge in [0.2, 0.25) is 0 Å². The summed E-state index contributed by atoms with van der Waals surface area (Å²) in [6.45, 7) is 25.3. The average molecular weight is 347 g/mol. The molecule has 0 aliphatic heterocycles. The van der Waals surface area contributed by atoms with E-state index in [4.69, 9.17) is 0 Å². The summed E-state index contributed by atoms with van der Waals surface area (Å²) in [4.78, 5) is 0. The summed E-state index contributed by atoms with van der Waals surface area (Å²) in [6.07, 6.45) is 5.82. The number of rotatable bonds is 8. The summed E-state index contributed by atoms with van der Waals surface area (Å²) in [5.41, 5.74) is 1.91. The molecule has 146 valence electrons. The summed E-state index contributed by atoms with van der Waals surface area (Å²) >= 11 is 0. The second-order valence-electron chi connectivity index (χ2n) is 12.0. The minimum absolute atomic E-state index is 0.614. The van der Waals surface area contributed by atoms with Crippen molar-refractivity contribution in [3.63, 3.8) is 0 Å². The summed E-state index contributed by atoms with van der Waals surface area (Å²) in [7, 11) is 0. The van der Waals surface area contributed by atoms with Crippen molar-refractivity contribution in [1.29, 1.82) is 0 Å². The van der Waals surface area contributed by atoms with Gasteiger partial charge in [-0.25, -0.2) is 0 Å². The summed E-state index contributed by atoms with van der Waals surface area (Å²) < 4.78 is 0. The fourth-order valence-electron chi connectivity index (χ4n) is 7.23. The van der Waals surface area contributed by atoms with E-state index in [9.17, 15) is 0 Å². The molecular formula is C25H46. The fraction of sp³-hybridized carbons (Fsp3) is 1.00. The number of hydrogen-bond acceptors (Lipinski definition) is 0. The van der Waals surface area contributed by atoms with Gasteiger partial charge in [0, 0.05) is 0 Å². The average Bonchev–Trinajstić information content (AvgIpc) is 3.48. The topological polar surface area (TPSA) is 0 Å². The van der Waals surface area contributed by atoms with Crippen molar-refractivity contribution in [3.8, 4) is 0 Å². The largest absolute Gasteiger partial charge is 0.0649 e. The van der Waals surface area contributed by atoms with Gasteiger partial charge in [0.1, 0.15) is 0 Å². The van der Waals surface area contributed by atoms with Crippen LogP contribution in [0.25, 0.3) is 0 Å². The van der Waals surface area contributed by atoms with Crippen LogP contribution in [0, 0.1) is 63.6 Å². The first-order chi connectivity index (χ1) is 11.4. The first kappa shape index (κ1) is 19.8. The third-order valence-corrected chi connectivity index (χ3v) is 10.7. The molecule has 0 saturated heterocycles. The van der Waals surface area contributed by atoms with Gasteiger partial charge in [-0.15, -0.1) is 0 Å². The first-order valence-electron chi connectivity index (χ1n) is 11.4.